The van der Waals surface area contributed by atoms with E-state index in [1.807, 2.05) is 56.6 Å². The second-order valence-electron chi connectivity index (χ2n) is 12.5. The van der Waals surface area contributed by atoms with Gasteiger partial charge in [-0.2, -0.15) is 0 Å². The Morgan fingerprint density at radius 3 is 2.53 bits per heavy atom. The highest BCUT2D eigenvalue weighted by Gasteiger charge is 2.44. The molecule has 2 saturated carbocycles. The molecular weight excluding hydrogens is 536 g/mol. The number of amides is 1. The summed E-state index contributed by atoms with van der Waals surface area (Å²) in [6.45, 7) is 5.45. The van der Waals surface area contributed by atoms with Gasteiger partial charge in [0.2, 0.25) is 0 Å². The molecule has 2 aliphatic carbocycles. The second kappa shape index (κ2) is 10.3. The number of hydrogen-bond donors (Lipinski definition) is 2. The topological polar surface area (TPSA) is 85.2 Å². The van der Waals surface area contributed by atoms with E-state index in [1.54, 1.807) is 6.26 Å². The molecule has 7 rings (SSSR count). The lowest BCUT2D eigenvalue weighted by molar-refractivity contribution is 0.0805. The van der Waals surface area contributed by atoms with E-state index in [0.29, 0.717) is 17.1 Å². The Balaban J connectivity index is 1.24. The molecule has 5 aromatic rings. The van der Waals surface area contributed by atoms with E-state index in [0.717, 1.165) is 52.8 Å². The number of aliphatic hydroxyl groups excluding tert-OH is 1. The predicted molar refractivity (Wildman–Crippen MR) is 171 cm³/mol. The van der Waals surface area contributed by atoms with Crippen molar-refractivity contribution in [2.24, 2.45) is 14.1 Å². The fourth-order valence-corrected chi connectivity index (χ4v) is 7.27. The first-order valence-corrected chi connectivity index (χ1v) is 15.3. The summed E-state index contributed by atoms with van der Waals surface area (Å²) in [5.41, 5.74) is 8.40. The standard InChI is InChI=1S/C36H38N4O3/c1-22(23(2)41)18-24-10-13-29-31(19-24)40(4)35(37-29)36(15-7-16-36)38-34(42)26-11-12-28-30(20-26)39(3)33(27-14-17-43-21-27)32(28)25-8-5-6-9-25/h10-14,17-21,25,41H,2,5-9,15-16H2,1,3-4H3,(H,38,42)/b22-18+. The highest BCUT2D eigenvalue weighted by molar-refractivity contribution is 6.01. The summed E-state index contributed by atoms with van der Waals surface area (Å²) in [6, 6.07) is 14.2. The molecule has 1 amide bonds. The molecule has 0 atom stereocenters. The average Bonchev–Trinajstić information content (AvgIpc) is 3.78. The van der Waals surface area contributed by atoms with Gasteiger partial charge in [-0.3, -0.25) is 4.79 Å². The number of nitrogens with zero attached hydrogens (tertiary/aromatic N) is 3. The first-order chi connectivity index (χ1) is 20.8. The van der Waals surface area contributed by atoms with Gasteiger partial charge < -0.3 is 24.0 Å². The van der Waals surface area contributed by atoms with Crippen molar-refractivity contribution in [2.75, 3.05) is 0 Å². The quantitative estimate of drug-likeness (QED) is 0.151. The van der Waals surface area contributed by atoms with Crippen LogP contribution < -0.4 is 5.32 Å². The number of hydrogen-bond acceptors (Lipinski definition) is 4. The van der Waals surface area contributed by atoms with Crippen LogP contribution in [0.5, 0.6) is 0 Å². The SMILES string of the molecule is C=C(O)/C(C)=C/c1ccc2nc(C3(NC(=O)c4ccc5c(C6CCCC6)c(-c6ccoc6)n(C)c5c4)CCC3)n(C)c2c1. The van der Waals surface area contributed by atoms with E-state index in [1.165, 1.54) is 42.3 Å². The van der Waals surface area contributed by atoms with Gasteiger partial charge in [-0.15, -0.1) is 0 Å². The van der Waals surface area contributed by atoms with Crippen molar-refractivity contribution in [2.45, 2.75) is 63.3 Å². The third-order valence-corrected chi connectivity index (χ3v) is 9.79. The van der Waals surface area contributed by atoms with Crippen molar-refractivity contribution in [3.8, 4) is 11.3 Å². The highest BCUT2D eigenvalue weighted by atomic mass is 16.3. The van der Waals surface area contributed by atoms with Crippen LogP contribution in [0.2, 0.25) is 0 Å². The fourth-order valence-electron chi connectivity index (χ4n) is 7.27. The van der Waals surface area contributed by atoms with Crippen LogP contribution >= 0.6 is 0 Å². The smallest absolute Gasteiger partial charge is 0.252 e. The second-order valence-corrected chi connectivity index (χ2v) is 12.5. The summed E-state index contributed by atoms with van der Waals surface area (Å²) in [4.78, 5) is 18.9. The van der Waals surface area contributed by atoms with E-state index in [-0.39, 0.29) is 11.7 Å². The van der Waals surface area contributed by atoms with E-state index in [2.05, 4.69) is 40.2 Å². The average molecular weight is 575 g/mol. The summed E-state index contributed by atoms with van der Waals surface area (Å²) in [6.07, 6.45) is 13.1. The van der Waals surface area contributed by atoms with Crippen LogP contribution in [-0.2, 0) is 19.6 Å². The number of imidazole rings is 1. The lowest BCUT2D eigenvalue weighted by Crippen LogP contribution is -2.52. The normalized spacial score (nSPS) is 17.0. The van der Waals surface area contributed by atoms with Crippen LogP contribution in [0.25, 0.3) is 39.3 Å². The van der Waals surface area contributed by atoms with Crippen LogP contribution in [0.4, 0.5) is 0 Å². The third-order valence-electron chi connectivity index (χ3n) is 9.79. The van der Waals surface area contributed by atoms with Crippen LogP contribution in [0.3, 0.4) is 0 Å². The lowest BCUT2D eigenvalue weighted by atomic mass is 9.75. The molecule has 0 radical (unpaired) electrons. The Labute approximate surface area is 251 Å². The number of furan rings is 1. The number of aliphatic hydroxyl groups is 1. The zero-order chi connectivity index (χ0) is 29.9. The number of nitrogens with one attached hydrogen (secondary N) is 1. The van der Waals surface area contributed by atoms with E-state index >= 15 is 0 Å². The molecule has 0 unspecified atom stereocenters. The summed E-state index contributed by atoms with van der Waals surface area (Å²) < 4.78 is 9.81. The molecule has 0 bridgehead atoms. The number of carbonyl (C=O) groups is 1. The molecule has 2 N–H and O–H groups in total. The molecule has 220 valence electrons. The predicted octanol–water partition coefficient (Wildman–Crippen LogP) is 8.27. The molecule has 2 aliphatic rings. The minimum absolute atomic E-state index is 0.0583. The Bertz CT molecular complexity index is 1910. The van der Waals surface area contributed by atoms with Crippen molar-refractivity contribution in [3.05, 3.63) is 95.4 Å². The number of rotatable bonds is 7. The van der Waals surface area contributed by atoms with E-state index < -0.39 is 5.54 Å². The molecule has 3 aromatic heterocycles. The Morgan fingerprint density at radius 2 is 1.86 bits per heavy atom. The molecule has 7 heteroatoms. The van der Waals surface area contributed by atoms with Crippen molar-refractivity contribution in [1.82, 2.24) is 19.4 Å². The van der Waals surface area contributed by atoms with Gasteiger partial charge >= 0.3 is 0 Å². The molecular formula is C36H38N4O3. The van der Waals surface area contributed by atoms with Gasteiger partial charge in [-0.05, 0) is 98.1 Å². The maximum atomic E-state index is 13.9. The van der Waals surface area contributed by atoms with Crippen LogP contribution in [0.15, 0.2) is 77.3 Å². The van der Waals surface area contributed by atoms with E-state index in [4.69, 9.17) is 9.40 Å². The van der Waals surface area contributed by atoms with Crippen LogP contribution in [0.1, 0.15) is 85.1 Å². The number of aromatic nitrogens is 3. The first-order valence-electron chi connectivity index (χ1n) is 15.3. The van der Waals surface area contributed by atoms with Crippen LogP contribution in [-0.4, -0.2) is 25.1 Å². The molecule has 3 heterocycles. The van der Waals surface area contributed by atoms with E-state index in [9.17, 15) is 9.90 Å². The van der Waals surface area contributed by atoms with Crippen LogP contribution in [0, 0.1) is 0 Å². The molecule has 43 heavy (non-hydrogen) atoms. The van der Waals surface area contributed by atoms with Gasteiger partial charge in [0, 0.05) is 36.1 Å². The maximum Gasteiger partial charge on any atom is 0.252 e. The summed E-state index contributed by atoms with van der Waals surface area (Å²) in [5, 5.41) is 14.4. The van der Waals surface area contributed by atoms with Gasteiger partial charge in [0.1, 0.15) is 11.6 Å². The Morgan fingerprint density at radius 1 is 1.07 bits per heavy atom. The minimum Gasteiger partial charge on any atom is -0.508 e. The zero-order valence-electron chi connectivity index (χ0n) is 25.1. The highest BCUT2D eigenvalue weighted by Crippen LogP contribution is 2.45. The van der Waals surface area contributed by atoms with Gasteiger partial charge in [0.05, 0.1) is 34.8 Å². The third kappa shape index (κ3) is 4.49. The van der Waals surface area contributed by atoms with Gasteiger partial charge in [-0.1, -0.05) is 31.6 Å². The molecule has 2 aromatic carbocycles. The lowest BCUT2D eigenvalue weighted by Gasteiger charge is -2.41. The van der Waals surface area contributed by atoms with Gasteiger partial charge in [0.15, 0.2) is 0 Å². The number of carbonyl (C=O) groups excluding carboxylic acids is 1. The molecule has 0 spiro atoms. The summed E-state index contributed by atoms with van der Waals surface area (Å²) in [5.74, 6) is 1.37. The molecule has 0 saturated heterocycles. The maximum absolute atomic E-state index is 13.9. The first kappa shape index (κ1) is 27.3. The number of allylic oxidation sites excluding steroid dienone is 1. The molecule has 0 aliphatic heterocycles. The monoisotopic (exact) mass is 574 g/mol. The number of benzene rings is 2. The number of aryl methyl sites for hydroxylation is 2. The summed E-state index contributed by atoms with van der Waals surface area (Å²) >= 11 is 0. The largest absolute Gasteiger partial charge is 0.508 e. The van der Waals surface area contributed by atoms with Gasteiger partial charge in [0.25, 0.3) is 5.91 Å². The Kier molecular flexibility index (Phi) is 6.56. The zero-order valence-corrected chi connectivity index (χ0v) is 25.1. The molecule has 2 fully saturated rings. The van der Waals surface area contributed by atoms with Crippen molar-refractivity contribution in [3.63, 3.8) is 0 Å². The van der Waals surface area contributed by atoms with Crippen molar-refractivity contribution < 1.29 is 14.3 Å². The Hall–Kier alpha value is -4.52. The fraction of sp³-hybridized carbons (Fsp3) is 0.333. The van der Waals surface area contributed by atoms with Crippen molar-refractivity contribution in [1.29, 1.82) is 0 Å². The molecule has 7 nitrogen and oxygen atoms in total. The summed E-state index contributed by atoms with van der Waals surface area (Å²) in [7, 11) is 4.11. The number of fused-ring (bicyclic) bond motifs is 2. The van der Waals surface area contributed by atoms with Crippen molar-refractivity contribution >= 4 is 33.9 Å². The van der Waals surface area contributed by atoms with Gasteiger partial charge in [-0.25, -0.2) is 4.98 Å². The minimum atomic E-state index is -0.518.